The third kappa shape index (κ3) is 2.63. The molecule has 0 aliphatic heterocycles. The normalized spacial score (nSPS) is 10.5. The van der Waals surface area contributed by atoms with Gasteiger partial charge in [0, 0.05) is 17.1 Å². The van der Waals surface area contributed by atoms with Crippen molar-refractivity contribution >= 4 is 23.2 Å². The lowest BCUT2D eigenvalue weighted by atomic mass is 10.1. The molecule has 0 atom stereocenters. The minimum absolute atomic E-state index is 0.221. The summed E-state index contributed by atoms with van der Waals surface area (Å²) in [4.78, 5) is 12.3. The molecule has 19 heavy (non-hydrogen) atoms. The molecular formula is C14H15ClN2O2. The maximum absolute atomic E-state index is 12.3. The van der Waals surface area contributed by atoms with Crippen molar-refractivity contribution in [3.63, 3.8) is 0 Å². The quantitative estimate of drug-likeness (QED) is 0.930. The molecule has 1 amide bonds. The zero-order valence-corrected chi connectivity index (χ0v) is 11.8. The maximum atomic E-state index is 12.3. The van der Waals surface area contributed by atoms with Gasteiger partial charge in [-0.05, 0) is 31.5 Å². The van der Waals surface area contributed by atoms with Gasteiger partial charge in [-0.2, -0.15) is 0 Å². The summed E-state index contributed by atoms with van der Waals surface area (Å²) in [5.41, 5.74) is 2.63. The molecule has 2 aromatic rings. The largest absolute Gasteiger partial charge is 0.360 e. The van der Waals surface area contributed by atoms with Gasteiger partial charge in [-0.15, -0.1) is 0 Å². The molecule has 1 heterocycles. The fraction of sp³-hybridized carbons (Fsp3) is 0.286. The summed E-state index contributed by atoms with van der Waals surface area (Å²) in [7, 11) is 0. The van der Waals surface area contributed by atoms with Crippen molar-refractivity contribution < 1.29 is 9.32 Å². The van der Waals surface area contributed by atoms with E-state index in [1.54, 1.807) is 19.1 Å². The Labute approximate surface area is 116 Å². The first-order valence-electron chi connectivity index (χ1n) is 6.06. The second kappa shape index (κ2) is 5.45. The molecule has 0 bridgehead atoms. The summed E-state index contributed by atoms with van der Waals surface area (Å²) in [6, 6.07) is 5.40. The van der Waals surface area contributed by atoms with Crippen molar-refractivity contribution in [2.45, 2.75) is 27.2 Å². The number of amides is 1. The topological polar surface area (TPSA) is 55.1 Å². The molecule has 100 valence electrons. The summed E-state index contributed by atoms with van der Waals surface area (Å²) < 4.78 is 5.12. The van der Waals surface area contributed by atoms with E-state index in [1.807, 2.05) is 19.9 Å². The zero-order chi connectivity index (χ0) is 14.0. The number of hydrogen-bond donors (Lipinski definition) is 1. The fourth-order valence-corrected chi connectivity index (χ4v) is 2.05. The van der Waals surface area contributed by atoms with Crippen LogP contribution < -0.4 is 5.32 Å². The van der Waals surface area contributed by atoms with Gasteiger partial charge in [0.05, 0.1) is 5.69 Å². The van der Waals surface area contributed by atoms with Crippen molar-refractivity contribution in [1.29, 1.82) is 0 Å². The number of benzene rings is 1. The molecule has 0 spiro atoms. The van der Waals surface area contributed by atoms with Gasteiger partial charge in [0.1, 0.15) is 11.3 Å². The second-order valence-corrected chi connectivity index (χ2v) is 4.69. The minimum atomic E-state index is -0.221. The first-order valence-corrected chi connectivity index (χ1v) is 6.44. The molecule has 0 saturated heterocycles. The molecule has 0 saturated carbocycles. The second-order valence-electron chi connectivity index (χ2n) is 4.29. The van der Waals surface area contributed by atoms with E-state index in [0.717, 1.165) is 5.56 Å². The minimum Gasteiger partial charge on any atom is -0.360 e. The fourth-order valence-electron chi connectivity index (χ4n) is 1.88. The van der Waals surface area contributed by atoms with Crippen LogP contribution in [0.25, 0.3) is 0 Å². The lowest BCUT2D eigenvalue weighted by Crippen LogP contribution is -2.15. The number of carbonyl (C=O) groups is 1. The Kier molecular flexibility index (Phi) is 3.90. The Morgan fingerprint density at radius 2 is 2.16 bits per heavy atom. The van der Waals surface area contributed by atoms with Gasteiger partial charge in [0.2, 0.25) is 0 Å². The highest BCUT2D eigenvalue weighted by molar-refractivity contribution is 6.31. The standard InChI is InChI=1S/C14H15ClN2O2/c1-4-12-13(9(3)17-19-12)14(18)16-11-7-5-6-10(15)8(11)2/h5-7H,4H2,1-3H3,(H,16,18). The Balaban J connectivity index is 2.31. The van der Waals surface area contributed by atoms with Crippen LogP contribution in [0.15, 0.2) is 22.7 Å². The Morgan fingerprint density at radius 3 is 2.84 bits per heavy atom. The molecule has 0 unspecified atom stereocenters. The van der Waals surface area contributed by atoms with Crippen molar-refractivity contribution in [3.05, 3.63) is 45.8 Å². The summed E-state index contributed by atoms with van der Waals surface area (Å²) in [6.45, 7) is 5.53. The summed E-state index contributed by atoms with van der Waals surface area (Å²) >= 11 is 6.03. The summed E-state index contributed by atoms with van der Waals surface area (Å²) in [5, 5.41) is 7.29. The van der Waals surface area contributed by atoms with E-state index in [9.17, 15) is 4.79 Å². The van der Waals surface area contributed by atoms with E-state index in [0.29, 0.717) is 34.1 Å². The first kappa shape index (κ1) is 13.6. The van der Waals surface area contributed by atoms with Crippen LogP contribution in [0.1, 0.15) is 34.3 Å². The Morgan fingerprint density at radius 1 is 1.42 bits per heavy atom. The predicted molar refractivity (Wildman–Crippen MR) is 74.8 cm³/mol. The van der Waals surface area contributed by atoms with Gasteiger partial charge in [-0.25, -0.2) is 0 Å². The third-order valence-corrected chi connectivity index (χ3v) is 3.41. The average molecular weight is 279 g/mol. The van der Waals surface area contributed by atoms with Crippen molar-refractivity contribution in [2.24, 2.45) is 0 Å². The first-order chi connectivity index (χ1) is 9.04. The highest BCUT2D eigenvalue weighted by atomic mass is 35.5. The van der Waals surface area contributed by atoms with Crippen LogP contribution in [0.4, 0.5) is 5.69 Å². The van der Waals surface area contributed by atoms with Crippen LogP contribution >= 0.6 is 11.6 Å². The number of rotatable bonds is 3. The van der Waals surface area contributed by atoms with Crippen molar-refractivity contribution in [3.8, 4) is 0 Å². The van der Waals surface area contributed by atoms with E-state index in [1.165, 1.54) is 0 Å². The molecule has 4 nitrogen and oxygen atoms in total. The molecule has 1 aromatic heterocycles. The lowest BCUT2D eigenvalue weighted by molar-refractivity contribution is 0.102. The van der Waals surface area contributed by atoms with Crippen LogP contribution in [0.3, 0.4) is 0 Å². The maximum Gasteiger partial charge on any atom is 0.261 e. The Bertz CT molecular complexity index is 620. The van der Waals surface area contributed by atoms with E-state index in [2.05, 4.69) is 10.5 Å². The number of aromatic nitrogens is 1. The molecular weight excluding hydrogens is 264 g/mol. The molecule has 0 aliphatic rings. The van der Waals surface area contributed by atoms with Crippen LogP contribution in [0.5, 0.6) is 0 Å². The third-order valence-electron chi connectivity index (χ3n) is 3.00. The molecule has 0 radical (unpaired) electrons. The van der Waals surface area contributed by atoms with Gasteiger partial charge in [-0.1, -0.05) is 29.7 Å². The summed E-state index contributed by atoms with van der Waals surface area (Å²) in [6.07, 6.45) is 0.623. The number of halogens is 1. The lowest BCUT2D eigenvalue weighted by Gasteiger charge is -2.09. The number of carbonyl (C=O) groups excluding carboxylic acids is 1. The van der Waals surface area contributed by atoms with Crippen LogP contribution in [0.2, 0.25) is 5.02 Å². The van der Waals surface area contributed by atoms with Crippen molar-refractivity contribution in [1.82, 2.24) is 5.16 Å². The number of nitrogens with one attached hydrogen (secondary N) is 1. The number of hydrogen-bond acceptors (Lipinski definition) is 3. The molecule has 1 aromatic carbocycles. The van der Waals surface area contributed by atoms with E-state index >= 15 is 0 Å². The van der Waals surface area contributed by atoms with Crippen LogP contribution in [-0.2, 0) is 6.42 Å². The van der Waals surface area contributed by atoms with E-state index < -0.39 is 0 Å². The SMILES string of the molecule is CCc1onc(C)c1C(=O)Nc1cccc(Cl)c1C. The predicted octanol–water partition coefficient (Wildman–Crippen LogP) is 3.76. The molecule has 0 fully saturated rings. The molecule has 5 heteroatoms. The highest BCUT2D eigenvalue weighted by Crippen LogP contribution is 2.24. The monoisotopic (exact) mass is 278 g/mol. The van der Waals surface area contributed by atoms with Crippen molar-refractivity contribution in [2.75, 3.05) is 5.32 Å². The zero-order valence-electron chi connectivity index (χ0n) is 11.1. The van der Waals surface area contributed by atoms with Gasteiger partial charge in [0.15, 0.2) is 0 Å². The molecule has 0 aliphatic carbocycles. The number of aryl methyl sites for hydroxylation is 2. The van der Waals surface area contributed by atoms with Crippen LogP contribution in [-0.4, -0.2) is 11.1 Å². The average Bonchev–Trinajstić information content (AvgIpc) is 2.76. The number of anilines is 1. The van der Waals surface area contributed by atoms with Gasteiger partial charge in [-0.3, -0.25) is 4.79 Å². The molecule has 1 N–H and O–H groups in total. The van der Waals surface area contributed by atoms with E-state index in [4.69, 9.17) is 16.1 Å². The van der Waals surface area contributed by atoms with Gasteiger partial charge >= 0.3 is 0 Å². The highest BCUT2D eigenvalue weighted by Gasteiger charge is 2.19. The number of nitrogens with zero attached hydrogens (tertiary/aromatic N) is 1. The summed E-state index contributed by atoms with van der Waals surface area (Å²) in [5.74, 6) is 0.371. The van der Waals surface area contributed by atoms with Gasteiger partial charge in [0.25, 0.3) is 5.91 Å². The molecule has 2 rings (SSSR count). The van der Waals surface area contributed by atoms with Gasteiger partial charge < -0.3 is 9.84 Å². The van der Waals surface area contributed by atoms with Crippen LogP contribution in [0, 0.1) is 13.8 Å². The smallest absolute Gasteiger partial charge is 0.261 e. The Hall–Kier alpha value is -1.81. The van der Waals surface area contributed by atoms with E-state index in [-0.39, 0.29) is 5.91 Å².